The lowest BCUT2D eigenvalue weighted by molar-refractivity contribution is -0.144. The Morgan fingerprint density at radius 3 is 2.65 bits per heavy atom. The van der Waals surface area contributed by atoms with Crippen molar-refractivity contribution in [3.8, 4) is 0 Å². The Morgan fingerprint density at radius 2 is 1.88 bits per heavy atom. The van der Waals surface area contributed by atoms with E-state index in [1.54, 1.807) is 12.1 Å². The van der Waals surface area contributed by atoms with Crippen LogP contribution in [-0.4, -0.2) is 40.6 Å². The number of fused-ring (bicyclic) bond motifs is 1. The van der Waals surface area contributed by atoms with Crippen molar-refractivity contribution in [2.24, 2.45) is 0 Å². The van der Waals surface area contributed by atoms with Crippen LogP contribution in [0, 0.1) is 0 Å². The van der Waals surface area contributed by atoms with Crippen LogP contribution in [0.2, 0.25) is 0 Å². The lowest BCUT2D eigenvalue weighted by atomic mass is 10.2. The molecule has 0 saturated heterocycles. The van der Waals surface area contributed by atoms with Gasteiger partial charge in [-0.15, -0.1) is 0 Å². The molecule has 0 aromatic heterocycles. The van der Waals surface area contributed by atoms with Crippen molar-refractivity contribution in [2.45, 2.75) is 11.3 Å². The van der Waals surface area contributed by atoms with Crippen LogP contribution in [0.25, 0.3) is 0 Å². The van der Waals surface area contributed by atoms with Crippen LogP contribution >= 0.6 is 0 Å². The number of rotatable bonds is 5. The first-order valence-electron chi connectivity index (χ1n) is 7.88. The molecule has 7 nitrogen and oxygen atoms in total. The number of anilines is 1. The summed E-state index contributed by atoms with van der Waals surface area (Å²) >= 11 is 0. The average molecular weight is 375 g/mol. The fraction of sp³-hybridized carbons (Fsp3) is 0.222. The van der Waals surface area contributed by atoms with Crippen LogP contribution in [0.15, 0.2) is 53.4 Å². The number of hydrogen-bond acceptors (Lipinski definition) is 6. The SMILES string of the molecule is COC(=O)COC(=O)c1cccc(S(=O)(=O)N2CCc3ccccc32)c1. The number of para-hydroxylation sites is 1. The van der Waals surface area contributed by atoms with Crippen LogP contribution in [0.5, 0.6) is 0 Å². The summed E-state index contributed by atoms with van der Waals surface area (Å²) in [5, 5.41) is 0. The highest BCUT2D eigenvalue weighted by Gasteiger charge is 2.31. The molecule has 0 unspecified atom stereocenters. The van der Waals surface area contributed by atoms with Crippen molar-refractivity contribution in [2.75, 3.05) is 24.6 Å². The first-order chi connectivity index (χ1) is 12.4. The molecule has 8 heteroatoms. The summed E-state index contributed by atoms with van der Waals surface area (Å²) in [6.45, 7) is -0.190. The number of carbonyl (C=O) groups is 2. The number of benzene rings is 2. The minimum atomic E-state index is -3.81. The Kier molecular flexibility index (Phi) is 4.94. The maximum atomic E-state index is 13.0. The van der Waals surface area contributed by atoms with Crippen LogP contribution in [0.1, 0.15) is 15.9 Å². The zero-order valence-electron chi connectivity index (χ0n) is 14.0. The molecule has 2 aromatic carbocycles. The summed E-state index contributed by atoms with van der Waals surface area (Å²) in [5.41, 5.74) is 1.65. The van der Waals surface area contributed by atoms with Crippen LogP contribution in [0.4, 0.5) is 5.69 Å². The highest BCUT2D eigenvalue weighted by atomic mass is 32.2. The van der Waals surface area contributed by atoms with Gasteiger partial charge in [-0.25, -0.2) is 18.0 Å². The second-order valence-electron chi connectivity index (χ2n) is 5.64. The van der Waals surface area contributed by atoms with E-state index < -0.39 is 28.6 Å². The predicted octanol–water partition coefficient (Wildman–Crippen LogP) is 1.77. The number of hydrogen-bond donors (Lipinski definition) is 0. The van der Waals surface area contributed by atoms with Crippen molar-refractivity contribution in [1.82, 2.24) is 0 Å². The second-order valence-corrected chi connectivity index (χ2v) is 7.50. The van der Waals surface area contributed by atoms with Gasteiger partial charge >= 0.3 is 11.9 Å². The quantitative estimate of drug-likeness (QED) is 0.740. The van der Waals surface area contributed by atoms with Crippen LogP contribution < -0.4 is 4.31 Å². The van der Waals surface area contributed by atoms with Crippen molar-refractivity contribution in [3.05, 3.63) is 59.7 Å². The van der Waals surface area contributed by atoms with Crippen molar-refractivity contribution in [1.29, 1.82) is 0 Å². The maximum Gasteiger partial charge on any atom is 0.344 e. The summed E-state index contributed by atoms with van der Waals surface area (Å²) in [7, 11) is -2.63. The van der Waals surface area contributed by atoms with E-state index >= 15 is 0 Å². The Hall–Kier alpha value is -2.87. The van der Waals surface area contributed by atoms with Crippen molar-refractivity contribution < 1.29 is 27.5 Å². The van der Waals surface area contributed by atoms with E-state index in [1.807, 2.05) is 12.1 Å². The third-order valence-corrected chi connectivity index (χ3v) is 5.86. The van der Waals surface area contributed by atoms with Gasteiger partial charge in [0.2, 0.25) is 0 Å². The molecule has 0 spiro atoms. The van der Waals surface area contributed by atoms with E-state index in [0.29, 0.717) is 18.7 Å². The summed E-state index contributed by atoms with van der Waals surface area (Å²) in [6.07, 6.45) is 0.635. The van der Waals surface area contributed by atoms with Gasteiger partial charge in [-0.1, -0.05) is 24.3 Å². The Bertz CT molecular complexity index is 954. The molecule has 0 N–H and O–H groups in total. The molecule has 0 amide bonds. The van der Waals surface area contributed by atoms with Gasteiger partial charge in [-0.3, -0.25) is 4.31 Å². The van der Waals surface area contributed by atoms with Gasteiger partial charge in [0, 0.05) is 6.54 Å². The minimum absolute atomic E-state index is 0.0123. The van der Waals surface area contributed by atoms with Crippen LogP contribution in [-0.2, 0) is 30.7 Å². The average Bonchev–Trinajstić information content (AvgIpc) is 3.10. The first kappa shape index (κ1) is 17.9. The Labute approximate surface area is 151 Å². The molecule has 1 heterocycles. The van der Waals surface area contributed by atoms with E-state index in [9.17, 15) is 18.0 Å². The topological polar surface area (TPSA) is 90.0 Å². The number of esters is 2. The van der Waals surface area contributed by atoms with Gasteiger partial charge in [0.05, 0.1) is 23.3 Å². The number of sulfonamides is 1. The zero-order valence-corrected chi connectivity index (χ0v) is 14.9. The van der Waals surface area contributed by atoms with Gasteiger partial charge in [0.15, 0.2) is 6.61 Å². The Balaban J connectivity index is 1.86. The fourth-order valence-corrected chi connectivity index (χ4v) is 4.28. The molecular weight excluding hydrogens is 358 g/mol. The van der Waals surface area contributed by atoms with Gasteiger partial charge in [-0.2, -0.15) is 0 Å². The van der Waals surface area contributed by atoms with Gasteiger partial charge < -0.3 is 9.47 Å². The third-order valence-electron chi connectivity index (χ3n) is 4.05. The first-order valence-corrected chi connectivity index (χ1v) is 9.32. The molecule has 1 aliphatic heterocycles. The second kappa shape index (κ2) is 7.17. The monoisotopic (exact) mass is 375 g/mol. The standard InChI is InChI=1S/C18H17NO6S/c1-24-17(20)12-25-18(21)14-6-4-7-15(11-14)26(22,23)19-10-9-13-5-2-3-8-16(13)19/h2-8,11H,9-10,12H2,1H3. The molecule has 2 aromatic rings. The molecule has 0 bridgehead atoms. The van der Waals surface area contributed by atoms with Crippen molar-refractivity contribution >= 4 is 27.6 Å². The van der Waals surface area contributed by atoms with Gasteiger partial charge in [-0.05, 0) is 36.2 Å². The maximum absolute atomic E-state index is 13.0. The summed E-state index contributed by atoms with van der Waals surface area (Å²) in [6, 6.07) is 12.9. The summed E-state index contributed by atoms with van der Waals surface area (Å²) in [5.74, 6) is -1.50. The molecule has 26 heavy (non-hydrogen) atoms. The minimum Gasteiger partial charge on any atom is -0.466 e. The van der Waals surface area contributed by atoms with Crippen molar-refractivity contribution in [3.63, 3.8) is 0 Å². The number of nitrogens with zero attached hydrogens (tertiary/aromatic N) is 1. The normalized spacial score (nSPS) is 13.2. The highest BCUT2D eigenvalue weighted by molar-refractivity contribution is 7.92. The van der Waals surface area contributed by atoms with E-state index in [0.717, 1.165) is 5.56 Å². The van der Waals surface area contributed by atoms with E-state index in [-0.39, 0.29) is 10.5 Å². The molecule has 3 rings (SSSR count). The molecule has 1 aliphatic rings. The fourth-order valence-electron chi connectivity index (χ4n) is 2.74. The number of ether oxygens (including phenoxy) is 2. The van der Waals surface area contributed by atoms with Gasteiger partial charge in [0.25, 0.3) is 10.0 Å². The largest absolute Gasteiger partial charge is 0.466 e. The van der Waals surface area contributed by atoms with Crippen LogP contribution in [0.3, 0.4) is 0 Å². The zero-order chi connectivity index (χ0) is 18.7. The molecule has 0 radical (unpaired) electrons. The van der Waals surface area contributed by atoms with E-state index in [1.165, 1.54) is 35.7 Å². The molecule has 0 saturated carbocycles. The smallest absolute Gasteiger partial charge is 0.344 e. The highest BCUT2D eigenvalue weighted by Crippen LogP contribution is 2.32. The Morgan fingerprint density at radius 1 is 1.12 bits per heavy atom. The summed E-state index contributed by atoms with van der Waals surface area (Å²) < 4.78 is 36.5. The molecular formula is C18H17NO6S. The lowest BCUT2D eigenvalue weighted by Crippen LogP contribution is -2.29. The molecule has 136 valence electrons. The molecule has 0 fully saturated rings. The number of methoxy groups -OCH3 is 1. The lowest BCUT2D eigenvalue weighted by Gasteiger charge is -2.19. The number of carbonyl (C=O) groups excluding carboxylic acids is 2. The van der Waals surface area contributed by atoms with E-state index in [2.05, 4.69) is 4.74 Å². The molecule has 0 atom stereocenters. The van der Waals surface area contributed by atoms with E-state index in [4.69, 9.17) is 4.74 Å². The third kappa shape index (κ3) is 3.41. The van der Waals surface area contributed by atoms with Gasteiger partial charge in [0.1, 0.15) is 0 Å². The molecule has 0 aliphatic carbocycles. The predicted molar refractivity (Wildman–Crippen MR) is 93.4 cm³/mol. The summed E-state index contributed by atoms with van der Waals surface area (Å²) in [4.78, 5) is 23.1.